The Hall–Kier alpha value is -3.61. The van der Waals surface area contributed by atoms with Crippen molar-refractivity contribution in [3.63, 3.8) is 0 Å². The summed E-state index contributed by atoms with van der Waals surface area (Å²) in [5, 5.41) is 4.07. The average Bonchev–Trinajstić information content (AvgIpc) is 2.72. The number of nitrogens with zero attached hydrogens (tertiary/aromatic N) is 3. The number of rotatable bonds is 6. The minimum absolute atomic E-state index is 0.0521. The lowest BCUT2D eigenvalue weighted by Gasteiger charge is -2.12. The molecule has 0 atom stereocenters. The van der Waals surface area contributed by atoms with Crippen molar-refractivity contribution in [1.29, 1.82) is 0 Å². The number of fused-ring (bicyclic) bond motifs is 1. The van der Waals surface area contributed by atoms with Gasteiger partial charge in [-0.05, 0) is 47.9 Å². The highest BCUT2D eigenvalue weighted by molar-refractivity contribution is 5.88. The molecule has 0 aliphatic heterocycles. The van der Waals surface area contributed by atoms with Gasteiger partial charge >= 0.3 is 0 Å². The lowest BCUT2D eigenvalue weighted by molar-refractivity contribution is 0.305. The van der Waals surface area contributed by atoms with Crippen molar-refractivity contribution in [2.24, 2.45) is 0 Å². The first-order chi connectivity index (χ1) is 14.5. The van der Waals surface area contributed by atoms with E-state index in [0.717, 1.165) is 22.8 Å². The Bertz CT molecular complexity index is 1180. The van der Waals surface area contributed by atoms with E-state index in [0.29, 0.717) is 28.7 Å². The second-order valence-electron chi connectivity index (χ2n) is 7.20. The van der Waals surface area contributed by atoms with Crippen LogP contribution < -0.4 is 10.1 Å². The highest BCUT2D eigenvalue weighted by atomic mass is 19.1. The number of anilines is 2. The Morgan fingerprint density at radius 1 is 0.967 bits per heavy atom. The topological polar surface area (TPSA) is 59.9 Å². The van der Waals surface area contributed by atoms with Crippen molar-refractivity contribution >= 4 is 22.5 Å². The van der Waals surface area contributed by atoms with Crippen LogP contribution in [0.4, 0.5) is 20.3 Å². The Balaban J connectivity index is 1.53. The normalized spacial score (nSPS) is 11.1. The smallest absolute Gasteiger partial charge is 0.164 e. The monoisotopic (exact) mass is 406 g/mol. The van der Waals surface area contributed by atoms with E-state index in [1.54, 1.807) is 12.1 Å². The molecule has 0 aliphatic rings. The van der Waals surface area contributed by atoms with E-state index in [1.807, 2.05) is 24.3 Å². The van der Waals surface area contributed by atoms with Gasteiger partial charge in [0.05, 0.1) is 5.39 Å². The van der Waals surface area contributed by atoms with Gasteiger partial charge in [-0.1, -0.05) is 19.9 Å². The Morgan fingerprint density at radius 3 is 2.53 bits per heavy atom. The molecule has 0 saturated heterocycles. The number of hydrogen-bond donors (Lipinski definition) is 1. The van der Waals surface area contributed by atoms with Gasteiger partial charge in [0.1, 0.15) is 36.1 Å². The third-order valence-corrected chi connectivity index (χ3v) is 4.53. The van der Waals surface area contributed by atoms with E-state index >= 15 is 0 Å². The molecule has 0 aliphatic carbocycles. The summed E-state index contributed by atoms with van der Waals surface area (Å²) in [7, 11) is 0. The molecule has 2 aromatic heterocycles. The summed E-state index contributed by atoms with van der Waals surface area (Å²) in [4.78, 5) is 13.2. The van der Waals surface area contributed by atoms with Crippen molar-refractivity contribution in [3.05, 3.63) is 83.8 Å². The van der Waals surface area contributed by atoms with Crippen molar-refractivity contribution in [3.8, 4) is 5.75 Å². The zero-order valence-corrected chi connectivity index (χ0v) is 16.6. The van der Waals surface area contributed by atoms with E-state index in [-0.39, 0.29) is 6.61 Å². The van der Waals surface area contributed by atoms with Crippen LogP contribution in [0.3, 0.4) is 0 Å². The summed E-state index contributed by atoms with van der Waals surface area (Å²) in [6.07, 6.45) is 1.47. The highest BCUT2D eigenvalue weighted by Gasteiger charge is 2.09. The zero-order valence-electron chi connectivity index (χ0n) is 16.6. The molecule has 7 heteroatoms. The van der Waals surface area contributed by atoms with Crippen molar-refractivity contribution in [2.45, 2.75) is 26.4 Å². The molecular formula is C23H20F2N4O. The molecule has 0 radical (unpaired) electrons. The van der Waals surface area contributed by atoms with Gasteiger partial charge in [0.2, 0.25) is 0 Å². The number of ether oxygens (including phenoxy) is 1. The predicted octanol–water partition coefficient (Wildman–Crippen LogP) is 5.75. The molecule has 0 saturated carbocycles. The van der Waals surface area contributed by atoms with Crippen molar-refractivity contribution in [1.82, 2.24) is 15.0 Å². The molecule has 0 bridgehead atoms. The molecule has 1 N–H and O–H groups in total. The number of benzene rings is 2. The number of halogens is 2. The Morgan fingerprint density at radius 2 is 1.77 bits per heavy atom. The Labute approximate surface area is 172 Å². The Kier molecular flexibility index (Phi) is 5.52. The van der Waals surface area contributed by atoms with Gasteiger partial charge in [-0.2, -0.15) is 0 Å². The third kappa shape index (κ3) is 4.51. The number of aromatic nitrogens is 3. The lowest BCUT2D eigenvalue weighted by Crippen LogP contribution is -2.00. The maximum absolute atomic E-state index is 13.3. The molecule has 0 spiro atoms. The summed E-state index contributed by atoms with van der Waals surface area (Å²) in [6, 6.07) is 14.5. The minimum atomic E-state index is -0.631. The van der Waals surface area contributed by atoms with Crippen LogP contribution in [0.2, 0.25) is 0 Å². The molecule has 2 heterocycles. The van der Waals surface area contributed by atoms with E-state index < -0.39 is 11.6 Å². The number of pyridine rings is 1. The fraction of sp³-hybridized carbons (Fsp3) is 0.174. The molecule has 4 aromatic rings. The van der Waals surface area contributed by atoms with Crippen LogP contribution >= 0.6 is 0 Å². The number of hydrogen-bond acceptors (Lipinski definition) is 5. The van der Waals surface area contributed by atoms with Crippen LogP contribution in [0, 0.1) is 11.6 Å². The zero-order chi connectivity index (χ0) is 21.1. The van der Waals surface area contributed by atoms with Gasteiger partial charge in [-0.3, -0.25) is 0 Å². The van der Waals surface area contributed by atoms with E-state index in [1.165, 1.54) is 18.5 Å². The first-order valence-electron chi connectivity index (χ1n) is 9.54. The van der Waals surface area contributed by atoms with Gasteiger partial charge in [0.25, 0.3) is 0 Å². The third-order valence-electron chi connectivity index (χ3n) is 4.53. The fourth-order valence-electron chi connectivity index (χ4n) is 3.04. The van der Waals surface area contributed by atoms with E-state index in [4.69, 9.17) is 4.74 Å². The van der Waals surface area contributed by atoms with Crippen molar-refractivity contribution < 1.29 is 13.5 Å². The summed E-state index contributed by atoms with van der Waals surface area (Å²) in [5.41, 5.74) is 2.76. The molecule has 5 nitrogen and oxygen atoms in total. The summed E-state index contributed by atoms with van der Waals surface area (Å²) < 4.78 is 32.4. The fourth-order valence-corrected chi connectivity index (χ4v) is 3.04. The van der Waals surface area contributed by atoms with Crippen LogP contribution in [-0.2, 0) is 6.61 Å². The SMILES string of the molecule is CC(C)c1ccc2c(Nc3cccc(OCc4cc(F)cc(F)c4)c3)ncnc2n1. The van der Waals surface area contributed by atoms with Crippen LogP contribution in [0.15, 0.2) is 60.9 Å². The van der Waals surface area contributed by atoms with Crippen LogP contribution in [0.5, 0.6) is 5.75 Å². The molecule has 0 fully saturated rings. The van der Waals surface area contributed by atoms with Gasteiger partial charge in [-0.15, -0.1) is 0 Å². The molecular weight excluding hydrogens is 386 g/mol. The van der Waals surface area contributed by atoms with Crippen LogP contribution in [0.25, 0.3) is 11.0 Å². The van der Waals surface area contributed by atoms with E-state index in [2.05, 4.69) is 34.1 Å². The maximum atomic E-state index is 13.3. The largest absolute Gasteiger partial charge is 0.489 e. The summed E-state index contributed by atoms with van der Waals surface area (Å²) in [6.45, 7) is 4.22. The summed E-state index contributed by atoms with van der Waals surface area (Å²) >= 11 is 0. The molecule has 30 heavy (non-hydrogen) atoms. The molecule has 2 aromatic carbocycles. The van der Waals surface area contributed by atoms with E-state index in [9.17, 15) is 8.78 Å². The van der Waals surface area contributed by atoms with Crippen molar-refractivity contribution in [2.75, 3.05) is 5.32 Å². The minimum Gasteiger partial charge on any atom is -0.489 e. The quantitative estimate of drug-likeness (QED) is 0.442. The van der Waals surface area contributed by atoms with Gasteiger partial charge < -0.3 is 10.1 Å². The van der Waals surface area contributed by atoms with Crippen LogP contribution in [0.1, 0.15) is 31.0 Å². The molecule has 0 unspecified atom stereocenters. The molecule has 0 amide bonds. The summed E-state index contributed by atoms with van der Waals surface area (Å²) in [5.74, 6) is 0.236. The first kappa shape index (κ1) is 19.7. The van der Waals surface area contributed by atoms with Gasteiger partial charge in [0, 0.05) is 23.5 Å². The second-order valence-corrected chi connectivity index (χ2v) is 7.20. The highest BCUT2D eigenvalue weighted by Crippen LogP contribution is 2.26. The van der Waals surface area contributed by atoms with Gasteiger partial charge in [-0.25, -0.2) is 23.7 Å². The standard InChI is InChI=1S/C23H20F2N4O/c1-14(2)21-7-6-20-22(26-13-27-23(20)29-21)28-18-4-3-5-19(11-18)30-12-15-8-16(24)10-17(25)9-15/h3-11,13-14H,12H2,1-2H3,(H,26,27,28,29). The molecule has 152 valence electrons. The lowest BCUT2D eigenvalue weighted by atomic mass is 10.1. The van der Waals surface area contributed by atoms with Crippen LogP contribution in [-0.4, -0.2) is 15.0 Å². The molecule has 4 rings (SSSR count). The first-order valence-corrected chi connectivity index (χ1v) is 9.54. The number of nitrogens with one attached hydrogen (secondary N) is 1. The average molecular weight is 406 g/mol. The second kappa shape index (κ2) is 8.41. The maximum Gasteiger partial charge on any atom is 0.164 e. The van der Waals surface area contributed by atoms with Gasteiger partial charge in [0.15, 0.2) is 5.65 Å². The predicted molar refractivity (Wildman–Crippen MR) is 112 cm³/mol.